The topological polar surface area (TPSA) is 72.9 Å². The SMILES string of the molecule is CC1CC(CN)CN1Cc1nnnn1C1CC1. The standard InChI is InChI=1S/C11H20N6/c1-8-4-9(5-12)6-16(8)7-11-13-14-15-17(11)10-2-3-10/h8-10H,2-7,12H2,1H3. The van der Waals surface area contributed by atoms with Gasteiger partial charge >= 0.3 is 0 Å². The summed E-state index contributed by atoms with van der Waals surface area (Å²) in [6.07, 6.45) is 3.64. The first-order valence-electron chi connectivity index (χ1n) is 6.48. The van der Waals surface area contributed by atoms with Gasteiger partial charge in [-0.1, -0.05) is 0 Å². The molecule has 1 saturated heterocycles. The second kappa shape index (κ2) is 4.34. The predicted octanol–water partition coefficient (Wildman–Crippen LogP) is 0.177. The molecule has 1 saturated carbocycles. The van der Waals surface area contributed by atoms with E-state index in [4.69, 9.17) is 5.73 Å². The van der Waals surface area contributed by atoms with Crippen LogP contribution >= 0.6 is 0 Å². The van der Waals surface area contributed by atoms with E-state index in [0.29, 0.717) is 18.0 Å². The molecule has 2 fully saturated rings. The minimum absolute atomic E-state index is 0.559. The van der Waals surface area contributed by atoms with Gasteiger partial charge in [0.05, 0.1) is 12.6 Å². The maximum Gasteiger partial charge on any atom is 0.165 e. The number of rotatable bonds is 4. The van der Waals surface area contributed by atoms with E-state index in [2.05, 4.69) is 27.3 Å². The lowest BCUT2D eigenvalue weighted by molar-refractivity contribution is 0.244. The summed E-state index contributed by atoms with van der Waals surface area (Å²) in [6, 6.07) is 1.15. The summed E-state index contributed by atoms with van der Waals surface area (Å²) in [5, 5.41) is 12.0. The largest absolute Gasteiger partial charge is 0.330 e. The fraction of sp³-hybridized carbons (Fsp3) is 0.909. The zero-order valence-corrected chi connectivity index (χ0v) is 10.3. The summed E-state index contributed by atoms with van der Waals surface area (Å²) in [5.74, 6) is 1.65. The lowest BCUT2D eigenvalue weighted by atomic mass is 10.1. The molecule has 3 rings (SSSR count). The van der Waals surface area contributed by atoms with E-state index in [0.717, 1.165) is 25.5 Å². The van der Waals surface area contributed by atoms with Gasteiger partial charge < -0.3 is 5.73 Å². The number of aromatic nitrogens is 4. The highest BCUT2D eigenvalue weighted by Crippen LogP contribution is 2.35. The van der Waals surface area contributed by atoms with Crippen molar-refractivity contribution in [3.05, 3.63) is 5.82 Å². The van der Waals surface area contributed by atoms with Crippen LogP contribution in [0.1, 0.15) is 38.1 Å². The summed E-state index contributed by atoms with van der Waals surface area (Å²) >= 11 is 0. The van der Waals surface area contributed by atoms with Crippen molar-refractivity contribution in [3.8, 4) is 0 Å². The number of nitrogens with two attached hydrogens (primary N) is 1. The summed E-state index contributed by atoms with van der Waals surface area (Å²) in [7, 11) is 0. The molecule has 0 radical (unpaired) electrons. The highest BCUT2D eigenvalue weighted by molar-refractivity contribution is 4.93. The fourth-order valence-corrected chi connectivity index (χ4v) is 2.71. The average molecular weight is 236 g/mol. The van der Waals surface area contributed by atoms with Gasteiger partial charge in [-0.2, -0.15) is 0 Å². The summed E-state index contributed by atoms with van der Waals surface area (Å²) in [5.41, 5.74) is 5.75. The van der Waals surface area contributed by atoms with E-state index in [1.54, 1.807) is 0 Å². The third-order valence-corrected chi connectivity index (χ3v) is 3.92. The number of likely N-dealkylation sites (tertiary alicyclic amines) is 1. The molecule has 0 spiro atoms. The van der Waals surface area contributed by atoms with Crippen molar-refractivity contribution in [1.29, 1.82) is 0 Å². The van der Waals surface area contributed by atoms with Gasteiger partial charge in [-0.25, -0.2) is 4.68 Å². The van der Waals surface area contributed by atoms with Gasteiger partial charge in [0.15, 0.2) is 5.82 Å². The van der Waals surface area contributed by atoms with E-state index in [1.165, 1.54) is 19.3 Å². The van der Waals surface area contributed by atoms with Gasteiger partial charge in [0.25, 0.3) is 0 Å². The molecule has 6 heteroatoms. The van der Waals surface area contributed by atoms with E-state index in [9.17, 15) is 0 Å². The normalized spacial score (nSPS) is 30.0. The van der Waals surface area contributed by atoms with Crippen LogP contribution in [-0.4, -0.2) is 44.2 Å². The van der Waals surface area contributed by atoms with Gasteiger partial charge in [-0.15, -0.1) is 5.10 Å². The zero-order valence-electron chi connectivity index (χ0n) is 10.3. The van der Waals surface area contributed by atoms with Crippen molar-refractivity contribution >= 4 is 0 Å². The smallest absolute Gasteiger partial charge is 0.165 e. The van der Waals surface area contributed by atoms with Gasteiger partial charge in [0.2, 0.25) is 0 Å². The van der Waals surface area contributed by atoms with Crippen LogP contribution in [0.3, 0.4) is 0 Å². The van der Waals surface area contributed by atoms with Crippen LogP contribution in [0, 0.1) is 5.92 Å². The number of nitrogens with zero attached hydrogens (tertiary/aromatic N) is 5. The molecule has 2 atom stereocenters. The second-order valence-corrected chi connectivity index (χ2v) is 5.39. The van der Waals surface area contributed by atoms with Crippen molar-refractivity contribution in [2.24, 2.45) is 11.7 Å². The molecule has 1 aromatic rings. The third kappa shape index (κ3) is 2.19. The fourth-order valence-electron chi connectivity index (χ4n) is 2.71. The van der Waals surface area contributed by atoms with Gasteiger partial charge in [-0.3, -0.25) is 4.90 Å². The van der Waals surface area contributed by atoms with Gasteiger partial charge in [0, 0.05) is 12.6 Å². The van der Waals surface area contributed by atoms with Gasteiger partial charge in [0.1, 0.15) is 0 Å². The molecule has 0 bridgehead atoms. The van der Waals surface area contributed by atoms with Crippen molar-refractivity contribution in [2.45, 2.75) is 44.8 Å². The highest BCUT2D eigenvalue weighted by Gasteiger charge is 2.32. The number of tetrazole rings is 1. The quantitative estimate of drug-likeness (QED) is 0.807. The van der Waals surface area contributed by atoms with E-state index in [1.807, 2.05) is 4.68 Å². The molecule has 6 nitrogen and oxygen atoms in total. The van der Waals surface area contributed by atoms with E-state index in [-0.39, 0.29) is 0 Å². The first-order chi connectivity index (χ1) is 8.28. The van der Waals surface area contributed by atoms with Crippen molar-refractivity contribution < 1.29 is 0 Å². The third-order valence-electron chi connectivity index (χ3n) is 3.92. The van der Waals surface area contributed by atoms with Gasteiger partial charge in [-0.05, 0) is 49.1 Å². The van der Waals surface area contributed by atoms with Crippen LogP contribution in [0.4, 0.5) is 0 Å². The Kier molecular flexibility index (Phi) is 2.84. The molecule has 94 valence electrons. The summed E-state index contributed by atoms with van der Waals surface area (Å²) in [6.45, 7) is 4.99. The van der Waals surface area contributed by atoms with Crippen LogP contribution < -0.4 is 5.73 Å². The maximum absolute atomic E-state index is 5.75. The second-order valence-electron chi connectivity index (χ2n) is 5.39. The Balaban J connectivity index is 1.68. The molecule has 1 aromatic heterocycles. The molecule has 2 unspecified atom stereocenters. The Bertz CT molecular complexity index is 385. The summed E-state index contributed by atoms with van der Waals surface area (Å²) < 4.78 is 2.00. The van der Waals surface area contributed by atoms with E-state index >= 15 is 0 Å². The van der Waals surface area contributed by atoms with Crippen LogP contribution in [-0.2, 0) is 6.54 Å². The monoisotopic (exact) mass is 236 g/mol. The average Bonchev–Trinajstić information content (AvgIpc) is 2.97. The van der Waals surface area contributed by atoms with Crippen molar-refractivity contribution in [3.63, 3.8) is 0 Å². The van der Waals surface area contributed by atoms with Crippen molar-refractivity contribution in [2.75, 3.05) is 13.1 Å². The highest BCUT2D eigenvalue weighted by atomic mass is 15.6. The first-order valence-corrected chi connectivity index (χ1v) is 6.48. The summed E-state index contributed by atoms with van der Waals surface area (Å²) in [4.78, 5) is 2.45. The zero-order chi connectivity index (χ0) is 11.8. The Hall–Kier alpha value is -1.01. The minimum atomic E-state index is 0.559. The minimum Gasteiger partial charge on any atom is -0.330 e. The van der Waals surface area contributed by atoms with Crippen LogP contribution in [0.15, 0.2) is 0 Å². The lowest BCUT2D eigenvalue weighted by Gasteiger charge is -2.20. The van der Waals surface area contributed by atoms with Crippen molar-refractivity contribution in [1.82, 2.24) is 25.1 Å². The Labute approximate surface area is 101 Å². The molecule has 0 amide bonds. The number of hydrogen-bond acceptors (Lipinski definition) is 5. The molecule has 17 heavy (non-hydrogen) atoms. The number of hydrogen-bond donors (Lipinski definition) is 1. The first kappa shape index (κ1) is 11.1. The molecule has 1 aliphatic carbocycles. The molecule has 0 aromatic carbocycles. The maximum atomic E-state index is 5.75. The molecule has 2 heterocycles. The Morgan fingerprint density at radius 3 is 2.88 bits per heavy atom. The van der Waals surface area contributed by atoms with Crippen LogP contribution in [0.5, 0.6) is 0 Å². The molecular formula is C11H20N6. The molecule has 1 aliphatic heterocycles. The van der Waals surface area contributed by atoms with Crippen LogP contribution in [0.25, 0.3) is 0 Å². The van der Waals surface area contributed by atoms with E-state index < -0.39 is 0 Å². The molecule has 2 N–H and O–H groups in total. The molecule has 2 aliphatic rings. The lowest BCUT2D eigenvalue weighted by Crippen LogP contribution is -2.29. The Morgan fingerprint density at radius 2 is 2.24 bits per heavy atom. The molecular weight excluding hydrogens is 216 g/mol. The van der Waals surface area contributed by atoms with Crippen LogP contribution in [0.2, 0.25) is 0 Å². The Morgan fingerprint density at radius 1 is 1.41 bits per heavy atom. The predicted molar refractivity (Wildman–Crippen MR) is 63.1 cm³/mol.